The molecule has 0 aliphatic heterocycles. The van der Waals surface area contributed by atoms with Crippen molar-refractivity contribution < 1.29 is 9.53 Å². The van der Waals surface area contributed by atoms with E-state index >= 15 is 0 Å². The first-order valence-electron chi connectivity index (χ1n) is 5.37. The average molecular weight is 246 g/mol. The highest BCUT2D eigenvalue weighted by atomic mass is 16.5. The van der Waals surface area contributed by atoms with Gasteiger partial charge in [-0.1, -0.05) is 17.2 Å². The van der Waals surface area contributed by atoms with Gasteiger partial charge >= 0.3 is 0 Å². The second-order valence-corrected chi connectivity index (χ2v) is 3.36. The van der Waals surface area contributed by atoms with E-state index < -0.39 is 0 Å². The maximum atomic E-state index is 11.4. The molecule has 94 valence electrons. The summed E-state index contributed by atoms with van der Waals surface area (Å²) in [6.45, 7) is 0.570. The zero-order chi connectivity index (χ0) is 13.2. The van der Waals surface area contributed by atoms with Crippen molar-refractivity contribution in [1.82, 2.24) is 5.32 Å². The van der Waals surface area contributed by atoms with Crippen molar-refractivity contribution in [2.24, 2.45) is 5.11 Å². The van der Waals surface area contributed by atoms with Gasteiger partial charge in [0, 0.05) is 24.1 Å². The van der Waals surface area contributed by atoms with Crippen LogP contribution in [0, 0.1) is 0 Å². The molecule has 0 fully saturated rings. The summed E-state index contributed by atoms with van der Waals surface area (Å²) in [5.74, 6) is 0.506. The molecule has 1 aromatic carbocycles. The van der Waals surface area contributed by atoms with Crippen LogP contribution >= 0.6 is 0 Å². The van der Waals surface area contributed by atoms with Gasteiger partial charge in [0.1, 0.15) is 5.75 Å². The molecule has 1 rings (SSSR count). The summed E-state index contributed by atoms with van der Waals surface area (Å²) < 4.78 is 5.07. The monoisotopic (exact) mass is 246 g/mol. The molecule has 0 aromatic heterocycles. The van der Waals surface area contributed by atoms with E-state index in [1.165, 1.54) is 6.08 Å². The Morgan fingerprint density at radius 3 is 3.17 bits per heavy atom. The number of methoxy groups -OCH3 is 1. The molecule has 6 nitrogen and oxygen atoms in total. The third kappa shape index (κ3) is 5.05. The molecule has 0 heterocycles. The number of nitrogens with one attached hydrogen (secondary N) is 1. The van der Waals surface area contributed by atoms with Crippen molar-refractivity contribution in [3.05, 3.63) is 46.3 Å². The molecule has 1 N–H and O–H groups in total. The van der Waals surface area contributed by atoms with Gasteiger partial charge in [0.2, 0.25) is 5.91 Å². The molecule has 0 aliphatic carbocycles. The molecule has 0 aliphatic rings. The molecule has 0 saturated heterocycles. The van der Waals surface area contributed by atoms with E-state index in [1.54, 1.807) is 13.2 Å². The molecule has 0 radical (unpaired) electrons. The number of nitrogens with zero attached hydrogens (tertiary/aromatic N) is 3. The van der Waals surface area contributed by atoms with Crippen LogP contribution in [0.1, 0.15) is 5.56 Å². The zero-order valence-corrected chi connectivity index (χ0v) is 10.0. The summed E-state index contributed by atoms with van der Waals surface area (Å²) in [4.78, 5) is 14.0. The topological polar surface area (TPSA) is 87.1 Å². The molecule has 0 saturated carbocycles. The van der Waals surface area contributed by atoms with Gasteiger partial charge in [-0.15, -0.1) is 0 Å². The van der Waals surface area contributed by atoms with Gasteiger partial charge in [-0.2, -0.15) is 0 Å². The first-order chi connectivity index (χ1) is 8.76. The Balaban J connectivity index is 2.47. The number of hydrogen-bond acceptors (Lipinski definition) is 3. The maximum Gasteiger partial charge on any atom is 0.243 e. The minimum absolute atomic E-state index is 0.231. The lowest BCUT2D eigenvalue weighted by Crippen LogP contribution is -2.23. The van der Waals surface area contributed by atoms with Crippen LogP contribution in [-0.4, -0.2) is 26.1 Å². The largest absolute Gasteiger partial charge is 0.497 e. The third-order valence-electron chi connectivity index (χ3n) is 2.10. The number of carbonyl (C=O) groups is 1. The second-order valence-electron chi connectivity index (χ2n) is 3.36. The second kappa shape index (κ2) is 7.76. The summed E-state index contributed by atoms with van der Waals surface area (Å²) in [5.41, 5.74) is 8.93. The standard InChI is InChI=1S/C12H14N4O2/c1-18-11-4-2-3-10(9-11)5-6-12(17)14-7-8-15-16-13/h2-6,9H,7-8H2,1H3,(H,14,17)/b6-5+. The highest BCUT2D eigenvalue weighted by molar-refractivity contribution is 5.91. The molecule has 6 heteroatoms. The van der Waals surface area contributed by atoms with E-state index in [4.69, 9.17) is 10.3 Å². The van der Waals surface area contributed by atoms with Crippen LogP contribution in [0.15, 0.2) is 35.5 Å². The SMILES string of the molecule is COc1cccc(/C=C/C(=O)NCCN=[N+]=[N-])c1. The van der Waals surface area contributed by atoms with E-state index in [9.17, 15) is 4.79 Å². The van der Waals surface area contributed by atoms with Crippen LogP contribution in [0.2, 0.25) is 0 Å². The molecule has 0 unspecified atom stereocenters. The minimum atomic E-state index is -0.231. The fourth-order valence-corrected chi connectivity index (χ4v) is 1.25. The molecule has 0 bridgehead atoms. The predicted molar refractivity (Wildman–Crippen MR) is 69.1 cm³/mol. The first-order valence-corrected chi connectivity index (χ1v) is 5.37. The number of hydrogen-bond donors (Lipinski definition) is 1. The van der Waals surface area contributed by atoms with Crippen molar-refractivity contribution >= 4 is 12.0 Å². The summed E-state index contributed by atoms with van der Waals surface area (Å²) >= 11 is 0. The van der Waals surface area contributed by atoms with Crippen molar-refractivity contribution in [3.8, 4) is 5.75 Å². The van der Waals surface area contributed by atoms with Crippen LogP contribution in [-0.2, 0) is 4.79 Å². The number of ether oxygens (including phenoxy) is 1. The van der Waals surface area contributed by atoms with Crippen LogP contribution in [0.4, 0.5) is 0 Å². The highest BCUT2D eigenvalue weighted by Gasteiger charge is 1.95. The lowest BCUT2D eigenvalue weighted by Gasteiger charge is -2.00. The van der Waals surface area contributed by atoms with Gasteiger partial charge in [-0.05, 0) is 29.3 Å². The van der Waals surface area contributed by atoms with Crippen molar-refractivity contribution in [1.29, 1.82) is 0 Å². The van der Waals surface area contributed by atoms with Crippen LogP contribution < -0.4 is 10.1 Å². The third-order valence-corrected chi connectivity index (χ3v) is 2.10. The Labute approximate surface area is 105 Å². The number of carbonyl (C=O) groups excluding carboxylic acids is 1. The number of amides is 1. The van der Waals surface area contributed by atoms with E-state index in [2.05, 4.69) is 15.3 Å². The first kappa shape index (κ1) is 13.6. The lowest BCUT2D eigenvalue weighted by atomic mass is 10.2. The average Bonchev–Trinajstić information content (AvgIpc) is 2.41. The van der Waals surface area contributed by atoms with Gasteiger partial charge in [-0.25, -0.2) is 0 Å². The Morgan fingerprint density at radius 1 is 1.61 bits per heavy atom. The quantitative estimate of drug-likeness (QED) is 0.274. The maximum absolute atomic E-state index is 11.4. The van der Waals surface area contributed by atoms with Crippen LogP contribution in [0.5, 0.6) is 5.75 Å². The Kier molecular flexibility index (Phi) is 5.86. The molecule has 0 atom stereocenters. The fourth-order valence-electron chi connectivity index (χ4n) is 1.25. The molecule has 18 heavy (non-hydrogen) atoms. The summed E-state index contributed by atoms with van der Waals surface area (Å²) in [7, 11) is 1.59. The van der Waals surface area contributed by atoms with E-state index in [1.807, 2.05) is 24.3 Å². The molecule has 1 aromatic rings. The Bertz CT molecular complexity index is 479. The predicted octanol–water partition coefficient (Wildman–Crippen LogP) is 2.13. The number of benzene rings is 1. The molecule has 0 spiro atoms. The van der Waals surface area contributed by atoms with Crippen LogP contribution in [0.25, 0.3) is 16.5 Å². The lowest BCUT2D eigenvalue weighted by molar-refractivity contribution is -0.116. The van der Waals surface area contributed by atoms with E-state index in [0.29, 0.717) is 6.54 Å². The zero-order valence-electron chi connectivity index (χ0n) is 10.0. The fraction of sp³-hybridized carbons (Fsp3) is 0.250. The van der Waals surface area contributed by atoms with E-state index in [0.717, 1.165) is 11.3 Å². The van der Waals surface area contributed by atoms with Gasteiger partial charge in [0.05, 0.1) is 7.11 Å². The minimum Gasteiger partial charge on any atom is -0.497 e. The Hall–Kier alpha value is -2.46. The smallest absolute Gasteiger partial charge is 0.243 e. The van der Waals surface area contributed by atoms with E-state index in [-0.39, 0.29) is 12.5 Å². The van der Waals surface area contributed by atoms with Gasteiger partial charge < -0.3 is 10.1 Å². The number of rotatable bonds is 6. The summed E-state index contributed by atoms with van der Waals surface area (Å²) in [5, 5.41) is 5.90. The van der Waals surface area contributed by atoms with Gasteiger partial charge in [0.25, 0.3) is 0 Å². The molecular formula is C12H14N4O2. The normalized spacial score (nSPS) is 9.83. The molecule has 1 amide bonds. The Morgan fingerprint density at radius 2 is 2.44 bits per heavy atom. The van der Waals surface area contributed by atoms with Crippen molar-refractivity contribution in [2.45, 2.75) is 0 Å². The summed E-state index contributed by atoms with van der Waals surface area (Å²) in [6.07, 6.45) is 3.11. The summed E-state index contributed by atoms with van der Waals surface area (Å²) in [6, 6.07) is 7.37. The van der Waals surface area contributed by atoms with Gasteiger partial charge in [0.15, 0.2) is 0 Å². The number of azide groups is 1. The van der Waals surface area contributed by atoms with Crippen LogP contribution in [0.3, 0.4) is 0 Å². The highest BCUT2D eigenvalue weighted by Crippen LogP contribution is 2.13. The van der Waals surface area contributed by atoms with Gasteiger partial charge in [-0.3, -0.25) is 4.79 Å². The van der Waals surface area contributed by atoms with Crippen molar-refractivity contribution in [3.63, 3.8) is 0 Å². The van der Waals surface area contributed by atoms with Crippen molar-refractivity contribution in [2.75, 3.05) is 20.2 Å². The molecular weight excluding hydrogens is 232 g/mol.